The Morgan fingerprint density at radius 2 is 2.18 bits per heavy atom. The van der Waals surface area contributed by atoms with Crippen LogP contribution in [0.5, 0.6) is 0 Å². The first kappa shape index (κ1) is 16.7. The molecule has 2 aromatic rings. The Morgan fingerprint density at radius 1 is 1.36 bits per heavy atom. The minimum Gasteiger partial charge on any atom is -0.387 e. The average Bonchev–Trinajstić information content (AvgIpc) is 2.98. The molecule has 118 valence electrons. The number of urea groups is 1. The third-order valence-corrected chi connectivity index (χ3v) is 4.11. The first-order chi connectivity index (χ1) is 10.5. The molecule has 3 N–H and O–H groups in total. The second-order valence-electron chi connectivity index (χ2n) is 4.31. The van der Waals surface area contributed by atoms with E-state index in [4.69, 9.17) is 0 Å². The molecule has 0 aliphatic rings. The van der Waals surface area contributed by atoms with Crippen molar-refractivity contribution in [2.45, 2.75) is 16.8 Å². The number of anilines is 1. The molecule has 1 heterocycles. The zero-order valence-electron chi connectivity index (χ0n) is 11.3. The van der Waals surface area contributed by atoms with Crippen molar-refractivity contribution in [1.82, 2.24) is 5.32 Å². The molecule has 0 fully saturated rings. The van der Waals surface area contributed by atoms with Gasteiger partial charge >= 0.3 is 6.03 Å². The van der Waals surface area contributed by atoms with Crippen molar-refractivity contribution in [2.75, 3.05) is 11.9 Å². The summed E-state index contributed by atoms with van der Waals surface area (Å²) in [6, 6.07) is 7.46. The number of carbonyl (C=O) groups excluding carboxylic acids is 1. The molecule has 0 saturated heterocycles. The molecule has 0 spiro atoms. The molecule has 1 aromatic carbocycles. The van der Waals surface area contributed by atoms with Crippen LogP contribution in [-0.2, 0) is 0 Å². The summed E-state index contributed by atoms with van der Waals surface area (Å²) in [5.74, 6) is -2.51. The highest BCUT2D eigenvalue weighted by Crippen LogP contribution is 2.27. The van der Waals surface area contributed by atoms with Crippen molar-refractivity contribution in [2.24, 2.45) is 0 Å². The molecule has 4 nitrogen and oxygen atoms in total. The Morgan fingerprint density at radius 3 is 2.86 bits per heavy atom. The first-order valence-corrected chi connectivity index (χ1v) is 8.16. The van der Waals surface area contributed by atoms with Gasteiger partial charge in [0.1, 0.15) is 0 Å². The Bertz CT molecular complexity index is 609. The van der Waals surface area contributed by atoms with Crippen LogP contribution in [0.25, 0.3) is 0 Å². The van der Waals surface area contributed by atoms with E-state index in [1.54, 1.807) is 29.6 Å². The smallest absolute Gasteiger partial charge is 0.319 e. The number of amides is 2. The largest absolute Gasteiger partial charge is 0.387 e. The number of thiophene rings is 1. The Labute approximate surface area is 134 Å². The standard InChI is InChI=1S/C14H14F2N2O2S2/c15-13(16)22-11-3-1-2-10(6-11)18-14(20)17-7-12(19)9-4-5-21-8-9/h1-6,8,12-13,19H,7H2,(H2,17,18,20). The summed E-state index contributed by atoms with van der Waals surface area (Å²) in [5, 5.41) is 18.6. The minimum atomic E-state index is -2.51. The maximum Gasteiger partial charge on any atom is 0.319 e. The van der Waals surface area contributed by atoms with E-state index in [1.807, 2.05) is 5.38 Å². The lowest BCUT2D eigenvalue weighted by Gasteiger charge is -2.12. The molecule has 1 aromatic heterocycles. The van der Waals surface area contributed by atoms with Gasteiger partial charge in [0, 0.05) is 17.1 Å². The number of hydrogen-bond donors (Lipinski definition) is 3. The van der Waals surface area contributed by atoms with E-state index in [2.05, 4.69) is 10.6 Å². The van der Waals surface area contributed by atoms with Crippen LogP contribution in [-0.4, -0.2) is 23.4 Å². The van der Waals surface area contributed by atoms with Gasteiger partial charge < -0.3 is 15.7 Å². The van der Waals surface area contributed by atoms with Crippen LogP contribution in [0.3, 0.4) is 0 Å². The summed E-state index contributed by atoms with van der Waals surface area (Å²) in [5.41, 5.74) is 1.15. The molecule has 22 heavy (non-hydrogen) atoms. The Balaban J connectivity index is 1.84. The molecule has 1 unspecified atom stereocenters. The second kappa shape index (κ2) is 8.11. The summed E-state index contributed by atoms with van der Waals surface area (Å²) in [4.78, 5) is 12.1. The van der Waals surface area contributed by atoms with E-state index in [-0.39, 0.29) is 6.54 Å². The summed E-state index contributed by atoms with van der Waals surface area (Å²) >= 11 is 1.87. The summed E-state index contributed by atoms with van der Waals surface area (Å²) in [6.07, 6.45) is -0.780. The quantitative estimate of drug-likeness (QED) is 0.696. The van der Waals surface area contributed by atoms with Crippen LogP contribution in [0.4, 0.5) is 19.3 Å². The monoisotopic (exact) mass is 344 g/mol. The zero-order valence-corrected chi connectivity index (χ0v) is 13.0. The maximum atomic E-state index is 12.3. The number of hydrogen-bond acceptors (Lipinski definition) is 4. The number of benzene rings is 1. The highest BCUT2D eigenvalue weighted by Gasteiger charge is 2.10. The number of thioether (sulfide) groups is 1. The van der Waals surface area contributed by atoms with Crippen molar-refractivity contribution in [3.8, 4) is 0 Å². The fourth-order valence-corrected chi connectivity index (χ4v) is 2.96. The van der Waals surface area contributed by atoms with Gasteiger partial charge in [-0.25, -0.2) is 4.79 Å². The second-order valence-corrected chi connectivity index (χ2v) is 6.16. The van der Waals surface area contributed by atoms with Crippen molar-refractivity contribution in [3.05, 3.63) is 46.7 Å². The predicted octanol–water partition coefficient (Wildman–Crippen LogP) is 3.92. The van der Waals surface area contributed by atoms with Crippen molar-refractivity contribution in [3.63, 3.8) is 0 Å². The number of halogens is 2. The van der Waals surface area contributed by atoms with Crippen LogP contribution in [0.2, 0.25) is 0 Å². The lowest BCUT2D eigenvalue weighted by Crippen LogP contribution is -2.32. The van der Waals surface area contributed by atoms with Gasteiger partial charge in [0.25, 0.3) is 5.76 Å². The minimum absolute atomic E-state index is 0.0635. The van der Waals surface area contributed by atoms with Gasteiger partial charge in [-0.3, -0.25) is 0 Å². The van der Waals surface area contributed by atoms with Crippen molar-refractivity contribution in [1.29, 1.82) is 0 Å². The normalized spacial score (nSPS) is 12.2. The van der Waals surface area contributed by atoms with E-state index in [0.29, 0.717) is 22.3 Å². The van der Waals surface area contributed by atoms with Gasteiger partial charge in [0.15, 0.2) is 0 Å². The highest BCUT2D eigenvalue weighted by atomic mass is 32.2. The van der Waals surface area contributed by atoms with E-state index in [1.165, 1.54) is 17.4 Å². The van der Waals surface area contributed by atoms with Gasteiger partial charge in [-0.2, -0.15) is 20.1 Å². The molecule has 2 amide bonds. The van der Waals surface area contributed by atoms with Crippen molar-refractivity contribution < 1.29 is 18.7 Å². The number of carbonyl (C=O) groups is 1. The van der Waals surface area contributed by atoms with Crippen LogP contribution < -0.4 is 10.6 Å². The molecule has 0 bridgehead atoms. The molecule has 0 aliphatic heterocycles. The molecule has 1 atom stereocenters. The highest BCUT2D eigenvalue weighted by molar-refractivity contribution is 7.99. The predicted molar refractivity (Wildman–Crippen MR) is 84.6 cm³/mol. The SMILES string of the molecule is O=C(NCC(O)c1ccsc1)Nc1cccc(SC(F)F)c1. The molecular weight excluding hydrogens is 330 g/mol. The van der Waals surface area contributed by atoms with Crippen LogP contribution in [0, 0.1) is 0 Å². The fourth-order valence-electron chi connectivity index (χ4n) is 1.70. The third kappa shape index (κ3) is 5.28. The molecule has 0 aliphatic carbocycles. The number of aliphatic hydroxyl groups excluding tert-OH is 1. The summed E-state index contributed by atoms with van der Waals surface area (Å²) < 4.78 is 24.6. The van der Waals surface area contributed by atoms with E-state index in [9.17, 15) is 18.7 Å². The molecule has 2 rings (SSSR count). The third-order valence-electron chi connectivity index (χ3n) is 2.70. The first-order valence-electron chi connectivity index (χ1n) is 6.34. The summed E-state index contributed by atoms with van der Waals surface area (Å²) in [6.45, 7) is 0.0635. The van der Waals surface area contributed by atoms with Gasteiger partial charge in [0.05, 0.1) is 6.10 Å². The van der Waals surface area contributed by atoms with Gasteiger partial charge in [-0.1, -0.05) is 17.8 Å². The van der Waals surface area contributed by atoms with Crippen LogP contribution >= 0.6 is 23.1 Å². The number of aliphatic hydroxyl groups is 1. The lowest BCUT2D eigenvalue weighted by atomic mass is 10.2. The molecule has 0 radical (unpaired) electrons. The van der Waals surface area contributed by atoms with Crippen molar-refractivity contribution >= 4 is 34.8 Å². The maximum absolute atomic E-state index is 12.3. The fraction of sp³-hybridized carbons (Fsp3) is 0.214. The van der Waals surface area contributed by atoms with Gasteiger partial charge in [-0.05, 0) is 40.6 Å². The molecule has 8 heteroatoms. The molecular formula is C14H14F2N2O2S2. The molecule has 0 saturated carbocycles. The Hall–Kier alpha value is -1.64. The zero-order chi connectivity index (χ0) is 15.9. The number of alkyl halides is 2. The topological polar surface area (TPSA) is 61.4 Å². The average molecular weight is 344 g/mol. The van der Waals surface area contributed by atoms with E-state index < -0.39 is 17.9 Å². The summed E-state index contributed by atoms with van der Waals surface area (Å²) in [7, 11) is 0. The lowest BCUT2D eigenvalue weighted by molar-refractivity contribution is 0.175. The number of rotatable bonds is 6. The number of nitrogens with one attached hydrogen (secondary N) is 2. The van der Waals surface area contributed by atoms with E-state index >= 15 is 0 Å². The van der Waals surface area contributed by atoms with E-state index in [0.717, 1.165) is 5.56 Å². The van der Waals surface area contributed by atoms with Gasteiger partial charge in [0.2, 0.25) is 0 Å². The van der Waals surface area contributed by atoms with Gasteiger partial charge in [-0.15, -0.1) is 0 Å². The van der Waals surface area contributed by atoms with Crippen LogP contribution in [0.1, 0.15) is 11.7 Å². The van der Waals surface area contributed by atoms with Crippen LogP contribution in [0.15, 0.2) is 46.0 Å². The Kier molecular flexibility index (Phi) is 6.17.